The summed E-state index contributed by atoms with van der Waals surface area (Å²) in [5, 5.41) is 19.3. The van der Waals surface area contributed by atoms with Crippen molar-refractivity contribution in [3.05, 3.63) is 129 Å². The molecule has 0 saturated carbocycles. The molecule has 47 heavy (non-hydrogen) atoms. The van der Waals surface area contributed by atoms with E-state index >= 15 is 0 Å². The smallest absolute Gasteiger partial charge is 0.335 e. The first-order valence-corrected chi connectivity index (χ1v) is 13.4. The zero-order valence-corrected chi connectivity index (χ0v) is 23.5. The lowest BCUT2D eigenvalue weighted by atomic mass is 10.1. The van der Waals surface area contributed by atoms with Crippen molar-refractivity contribution in [1.82, 2.24) is 20.9 Å². The number of fused-ring (bicyclic) bond motifs is 2. The van der Waals surface area contributed by atoms with Gasteiger partial charge in [0.25, 0.3) is 35.4 Å². The van der Waals surface area contributed by atoms with Crippen LogP contribution in [0.1, 0.15) is 82.9 Å². The number of carboxylic acids is 2. The van der Waals surface area contributed by atoms with Gasteiger partial charge in [0.15, 0.2) is 0 Å². The molecule has 15 heteroatoms. The van der Waals surface area contributed by atoms with Gasteiger partial charge in [0, 0.05) is 11.1 Å². The Morgan fingerprint density at radius 3 is 1.13 bits per heavy atom. The summed E-state index contributed by atoms with van der Waals surface area (Å²) in [5.74, 6) is -6.96. The number of nitrogens with zero attached hydrogens (tertiary/aromatic N) is 2. The van der Waals surface area contributed by atoms with Crippen molar-refractivity contribution in [2.45, 2.75) is 0 Å². The van der Waals surface area contributed by atoms with E-state index in [1.165, 1.54) is 72.8 Å². The molecule has 0 unspecified atom stereocenters. The van der Waals surface area contributed by atoms with Crippen LogP contribution >= 0.6 is 0 Å². The van der Waals surface area contributed by atoms with Crippen LogP contribution < -0.4 is 15.6 Å². The van der Waals surface area contributed by atoms with E-state index in [9.17, 15) is 38.4 Å². The van der Waals surface area contributed by atoms with Crippen LogP contribution in [0.2, 0.25) is 0 Å². The van der Waals surface area contributed by atoms with Gasteiger partial charge < -0.3 is 14.9 Å². The van der Waals surface area contributed by atoms with E-state index < -0.39 is 47.4 Å². The van der Waals surface area contributed by atoms with Gasteiger partial charge in [0.2, 0.25) is 0 Å². The van der Waals surface area contributed by atoms with E-state index in [-0.39, 0.29) is 56.0 Å². The fourth-order valence-corrected chi connectivity index (χ4v) is 4.77. The number of amides is 6. The Labute approximate surface area is 262 Å². The lowest BCUT2D eigenvalue weighted by Crippen LogP contribution is -2.45. The molecule has 4 aromatic rings. The van der Waals surface area contributed by atoms with Crippen LogP contribution in [-0.4, -0.2) is 67.6 Å². The molecule has 0 bridgehead atoms. The third kappa shape index (κ3) is 5.40. The summed E-state index contributed by atoms with van der Waals surface area (Å²) in [6, 6.07) is 18.1. The lowest BCUT2D eigenvalue weighted by Gasteiger charge is -2.15. The fraction of sp³-hybridized carbons (Fsp3) is 0. The van der Waals surface area contributed by atoms with Gasteiger partial charge in [-0.1, -0.05) is 0 Å². The van der Waals surface area contributed by atoms with Crippen LogP contribution in [0.3, 0.4) is 0 Å². The maximum atomic E-state index is 12.8. The maximum Gasteiger partial charge on any atom is 0.335 e. The summed E-state index contributed by atoms with van der Waals surface area (Å²) in [7, 11) is 0. The van der Waals surface area contributed by atoms with Gasteiger partial charge in [-0.2, -0.15) is 10.0 Å². The summed E-state index contributed by atoms with van der Waals surface area (Å²) >= 11 is 0. The molecule has 15 nitrogen and oxygen atoms in total. The van der Waals surface area contributed by atoms with E-state index in [4.69, 9.17) is 14.9 Å². The fourth-order valence-electron chi connectivity index (χ4n) is 4.77. The predicted molar refractivity (Wildman–Crippen MR) is 156 cm³/mol. The van der Waals surface area contributed by atoms with Gasteiger partial charge in [0.05, 0.1) is 33.4 Å². The molecule has 0 radical (unpaired) electrons. The van der Waals surface area contributed by atoms with Gasteiger partial charge >= 0.3 is 11.9 Å². The SMILES string of the molecule is O=C(O)c1ccc2c(c1)C(=O)N(NC(=O)c1ccc(Oc3ccc(C(=O)NN4C(=O)c5ccc(C(=O)O)cc5C4=O)cc3)cc1)C2=O. The maximum absolute atomic E-state index is 12.8. The molecule has 0 aliphatic carbocycles. The Hall–Kier alpha value is -7.16. The Morgan fingerprint density at radius 1 is 0.468 bits per heavy atom. The molecule has 2 heterocycles. The Kier molecular flexibility index (Phi) is 7.25. The summed E-state index contributed by atoms with van der Waals surface area (Å²) in [4.78, 5) is 98.5. The quantitative estimate of drug-likeness (QED) is 0.207. The highest BCUT2D eigenvalue weighted by Crippen LogP contribution is 2.26. The Balaban J connectivity index is 1.06. The molecular weight excluding hydrogens is 616 g/mol. The van der Waals surface area contributed by atoms with Gasteiger partial charge in [-0.3, -0.25) is 39.6 Å². The van der Waals surface area contributed by atoms with Crippen molar-refractivity contribution in [1.29, 1.82) is 0 Å². The van der Waals surface area contributed by atoms with E-state index in [2.05, 4.69) is 10.9 Å². The second kappa shape index (κ2) is 11.4. The molecule has 2 aliphatic rings. The monoisotopic (exact) mass is 634 g/mol. The number of ether oxygens (including phenoxy) is 1. The Bertz CT molecular complexity index is 1940. The minimum absolute atomic E-state index is 0.0489. The third-order valence-corrected chi connectivity index (χ3v) is 7.16. The number of aromatic carboxylic acids is 2. The van der Waals surface area contributed by atoms with Gasteiger partial charge in [0.1, 0.15) is 11.5 Å². The van der Waals surface area contributed by atoms with Gasteiger partial charge in [-0.15, -0.1) is 0 Å². The Morgan fingerprint density at radius 2 is 0.787 bits per heavy atom. The van der Waals surface area contributed by atoms with Crippen LogP contribution in [0.5, 0.6) is 11.5 Å². The number of imide groups is 2. The van der Waals surface area contributed by atoms with Crippen molar-refractivity contribution < 1.29 is 53.3 Å². The number of hydrazine groups is 2. The van der Waals surface area contributed by atoms with Crippen molar-refractivity contribution in [2.24, 2.45) is 0 Å². The minimum Gasteiger partial charge on any atom is -0.478 e. The second-order valence-electron chi connectivity index (χ2n) is 10.1. The third-order valence-electron chi connectivity index (χ3n) is 7.16. The van der Waals surface area contributed by atoms with Crippen LogP contribution in [0, 0.1) is 0 Å². The summed E-state index contributed by atoms with van der Waals surface area (Å²) < 4.78 is 5.73. The largest absolute Gasteiger partial charge is 0.478 e. The normalized spacial score (nSPS) is 13.3. The van der Waals surface area contributed by atoms with E-state index in [1.54, 1.807) is 0 Å². The molecule has 0 aromatic heterocycles. The molecule has 6 amide bonds. The highest BCUT2D eigenvalue weighted by molar-refractivity contribution is 6.23. The van der Waals surface area contributed by atoms with Crippen molar-refractivity contribution >= 4 is 47.4 Å². The second-order valence-corrected chi connectivity index (χ2v) is 10.1. The topological polar surface area (TPSA) is 217 Å². The summed E-state index contributed by atoms with van der Waals surface area (Å²) in [5.41, 5.74) is 3.80. The van der Waals surface area contributed by atoms with Crippen LogP contribution in [0.15, 0.2) is 84.9 Å². The molecule has 0 atom stereocenters. The highest BCUT2D eigenvalue weighted by Gasteiger charge is 2.39. The number of hydrogen-bond acceptors (Lipinski definition) is 9. The van der Waals surface area contributed by atoms with E-state index in [0.717, 1.165) is 12.1 Å². The van der Waals surface area contributed by atoms with Crippen molar-refractivity contribution in [3.8, 4) is 11.5 Å². The zero-order chi connectivity index (χ0) is 33.6. The van der Waals surface area contributed by atoms with Crippen LogP contribution in [-0.2, 0) is 0 Å². The molecule has 4 aromatic carbocycles. The molecule has 2 aliphatic heterocycles. The first-order valence-electron chi connectivity index (χ1n) is 13.4. The molecule has 0 fully saturated rings. The number of carbonyl (C=O) groups is 8. The highest BCUT2D eigenvalue weighted by atomic mass is 16.5. The standard InChI is InChI=1S/C32H18N4O11/c37-25(33-35-27(39)21-11-5-17(31(43)44)13-23(21)29(35)41)15-1-7-19(8-2-15)47-20-9-3-16(4-10-20)26(38)34-36-28(40)22-12-6-18(32(45)46)14-24(22)30(36)42/h1-14H,(H,33,37)(H,34,38)(H,43,44)(H,45,46). The molecule has 6 rings (SSSR count). The number of benzene rings is 4. The van der Waals surface area contributed by atoms with Crippen LogP contribution in [0.4, 0.5) is 0 Å². The lowest BCUT2D eigenvalue weighted by molar-refractivity contribution is 0.0513. The number of rotatable bonds is 8. The number of carboxylic acid groups (broad SMARTS) is 2. The van der Waals surface area contributed by atoms with Gasteiger partial charge in [-0.05, 0) is 84.9 Å². The van der Waals surface area contributed by atoms with E-state index in [0.29, 0.717) is 10.0 Å². The number of hydrogen-bond donors (Lipinski definition) is 4. The zero-order valence-electron chi connectivity index (χ0n) is 23.5. The molecule has 0 saturated heterocycles. The number of carbonyl (C=O) groups excluding carboxylic acids is 6. The summed E-state index contributed by atoms with van der Waals surface area (Å²) in [6.07, 6.45) is 0. The average Bonchev–Trinajstić information content (AvgIpc) is 3.44. The molecular formula is C32H18N4O11. The van der Waals surface area contributed by atoms with Crippen LogP contribution in [0.25, 0.3) is 0 Å². The molecule has 4 N–H and O–H groups in total. The minimum atomic E-state index is -1.28. The first kappa shape index (κ1) is 29.9. The average molecular weight is 635 g/mol. The first-order chi connectivity index (χ1) is 22.4. The molecule has 0 spiro atoms. The summed E-state index contributed by atoms with van der Waals surface area (Å²) in [6.45, 7) is 0. The predicted octanol–water partition coefficient (Wildman–Crippen LogP) is 2.76. The van der Waals surface area contributed by atoms with Crippen molar-refractivity contribution in [2.75, 3.05) is 0 Å². The number of nitrogens with one attached hydrogen (secondary N) is 2. The van der Waals surface area contributed by atoms with Crippen molar-refractivity contribution in [3.63, 3.8) is 0 Å². The molecule has 232 valence electrons. The van der Waals surface area contributed by atoms with E-state index in [1.807, 2.05) is 0 Å². The van der Waals surface area contributed by atoms with Gasteiger partial charge in [-0.25, -0.2) is 9.59 Å².